The highest BCUT2D eigenvalue weighted by Gasteiger charge is 2.19. The van der Waals surface area contributed by atoms with Gasteiger partial charge < -0.3 is 5.11 Å². The molecule has 1 unspecified atom stereocenters. The van der Waals surface area contributed by atoms with Gasteiger partial charge in [-0.25, -0.2) is 9.97 Å². The number of aryl methyl sites for hydroxylation is 3. The van der Waals surface area contributed by atoms with Crippen LogP contribution in [0.15, 0.2) is 16.9 Å². The first-order valence-corrected chi connectivity index (χ1v) is 7.56. The first kappa shape index (κ1) is 15.1. The highest BCUT2D eigenvalue weighted by Crippen LogP contribution is 2.26. The normalized spacial score (nSPS) is 12.7. The summed E-state index contributed by atoms with van der Waals surface area (Å²) in [6.07, 6.45) is 4.02. The molecule has 2 rings (SSSR count). The molecule has 0 saturated carbocycles. The number of aromatic nitrogens is 4. The average Bonchev–Trinajstić information content (AvgIpc) is 2.76. The molecule has 0 saturated heterocycles. The monoisotopic (exact) mass is 338 g/mol. The summed E-state index contributed by atoms with van der Waals surface area (Å²) in [7, 11) is 0. The molecule has 2 aromatic rings. The Balaban J connectivity index is 2.25. The van der Waals surface area contributed by atoms with Gasteiger partial charge in [0.1, 0.15) is 6.10 Å². The van der Waals surface area contributed by atoms with E-state index in [0.29, 0.717) is 12.2 Å². The van der Waals surface area contributed by atoms with Gasteiger partial charge >= 0.3 is 0 Å². The van der Waals surface area contributed by atoms with E-state index < -0.39 is 6.10 Å². The highest BCUT2D eigenvalue weighted by molar-refractivity contribution is 9.10. The maximum absolute atomic E-state index is 10.3. The molecule has 1 atom stereocenters. The zero-order valence-electron chi connectivity index (χ0n) is 12.0. The van der Waals surface area contributed by atoms with Gasteiger partial charge in [0.15, 0.2) is 5.82 Å². The van der Waals surface area contributed by atoms with Crippen LogP contribution in [0, 0.1) is 6.92 Å². The highest BCUT2D eigenvalue weighted by atomic mass is 79.9. The molecule has 108 valence electrons. The van der Waals surface area contributed by atoms with Crippen molar-refractivity contribution in [3.63, 3.8) is 0 Å². The fourth-order valence-corrected chi connectivity index (χ4v) is 2.79. The second-order valence-electron chi connectivity index (χ2n) is 4.72. The van der Waals surface area contributed by atoms with Crippen LogP contribution in [0.1, 0.15) is 42.7 Å². The number of aliphatic hydroxyl groups is 1. The third kappa shape index (κ3) is 3.07. The summed E-state index contributed by atoms with van der Waals surface area (Å²) in [5.41, 5.74) is 2.98. The maximum Gasteiger partial charge on any atom is 0.157 e. The van der Waals surface area contributed by atoms with Crippen molar-refractivity contribution in [1.29, 1.82) is 0 Å². The zero-order chi connectivity index (χ0) is 14.7. The van der Waals surface area contributed by atoms with Crippen LogP contribution in [0.3, 0.4) is 0 Å². The Hall–Kier alpha value is -1.27. The van der Waals surface area contributed by atoms with Gasteiger partial charge in [0.05, 0.1) is 15.9 Å². The fourth-order valence-electron chi connectivity index (χ4n) is 2.06. The lowest BCUT2D eigenvalue weighted by molar-refractivity contribution is 0.165. The van der Waals surface area contributed by atoms with E-state index in [1.165, 1.54) is 0 Å². The largest absolute Gasteiger partial charge is 0.385 e. The van der Waals surface area contributed by atoms with E-state index in [9.17, 15) is 5.11 Å². The fraction of sp³-hybridized carbons (Fsp3) is 0.500. The minimum Gasteiger partial charge on any atom is -0.385 e. The van der Waals surface area contributed by atoms with Gasteiger partial charge in [0.25, 0.3) is 0 Å². The van der Waals surface area contributed by atoms with Crippen LogP contribution in [-0.4, -0.2) is 24.9 Å². The third-order valence-corrected chi connectivity index (χ3v) is 4.10. The summed E-state index contributed by atoms with van der Waals surface area (Å²) < 4.78 is 2.90. The van der Waals surface area contributed by atoms with Crippen LogP contribution >= 0.6 is 15.9 Å². The second-order valence-corrected chi connectivity index (χ2v) is 5.51. The van der Waals surface area contributed by atoms with Gasteiger partial charge in [-0.05, 0) is 41.8 Å². The SMILES string of the molecule is CCc1nn(CC)c(CC(O)c2ncc(C)cn2)c1Br. The first-order valence-electron chi connectivity index (χ1n) is 6.77. The molecule has 0 spiro atoms. The molecule has 20 heavy (non-hydrogen) atoms. The summed E-state index contributed by atoms with van der Waals surface area (Å²) in [4.78, 5) is 8.36. The summed E-state index contributed by atoms with van der Waals surface area (Å²) in [6, 6.07) is 0. The summed E-state index contributed by atoms with van der Waals surface area (Å²) >= 11 is 3.58. The Morgan fingerprint density at radius 1 is 1.30 bits per heavy atom. The molecule has 0 aliphatic rings. The molecule has 6 heteroatoms. The van der Waals surface area contributed by atoms with E-state index in [1.807, 2.05) is 18.5 Å². The molecule has 0 aliphatic heterocycles. The molecule has 2 aromatic heterocycles. The quantitative estimate of drug-likeness (QED) is 0.910. The lowest BCUT2D eigenvalue weighted by Gasteiger charge is -2.11. The predicted molar refractivity (Wildman–Crippen MR) is 80.4 cm³/mol. The Morgan fingerprint density at radius 2 is 1.95 bits per heavy atom. The molecule has 0 radical (unpaired) electrons. The van der Waals surface area contributed by atoms with Gasteiger partial charge in [-0.1, -0.05) is 6.92 Å². The van der Waals surface area contributed by atoms with Crippen molar-refractivity contribution < 1.29 is 5.11 Å². The standard InChI is InChI=1S/C14H19BrN4O/c1-4-10-13(15)11(19(5-2)18-10)6-12(20)14-16-7-9(3)8-17-14/h7-8,12,20H,4-6H2,1-3H3. The van der Waals surface area contributed by atoms with Crippen molar-refractivity contribution in [2.45, 2.75) is 46.3 Å². The Morgan fingerprint density at radius 3 is 2.50 bits per heavy atom. The molecule has 0 aliphatic carbocycles. The lowest BCUT2D eigenvalue weighted by Crippen LogP contribution is -2.11. The topological polar surface area (TPSA) is 63.8 Å². The molecule has 0 aromatic carbocycles. The van der Waals surface area contributed by atoms with Crippen molar-refractivity contribution in [2.24, 2.45) is 0 Å². The predicted octanol–water partition coefficient (Wildman–Crippen LogP) is 2.60. The zero-order valence-corrected chi connectivity index (χ0v) is 13.6. The van der Waals surface area contributed by atoms with Crippen LogP contribution in [0.4, 0.5) is 0 Å². The Bertz CT molecular complexity index is 580. The number of hydrogen-bond donors (Lipinski definition) is 1. The van der Waals surface area contributed by atoms with Crippen molar-refractivity contribution >= 4 is 15.9 Å². The van der Waals surface area contributed by atoms with E-state index >= 15 is 0 Å². The van der Waals surface area contributed by atoms with Crippen molar-refractivity contribution in [1.82, 2.24) is 19.7 Å². The van der Waals surface area contributed by atoms with Gasteiger partial charge in [-0.3, -0.25) is 4.68 Å². The van der Waals surface area contributed by atoms with Crippen LogP contribution in [0.25, 0.3) is 0 Å². The summed E-state index contributed by atoms with van der Waals surface area (Å²) in [5.74, 6) is 0.449. The van der Waals surface area contributed by atoms with Crippen LogP contribution in [0.5, 0.6) is 0 Å². The molecule has 1 N–H and O–H groups in total. The van der Waals surface area contributed by atoms with E-state index in [0.717, 1.165) is 34.4 Å². The number of rotatable bonds is 5. The number of nitrogens with zero attached hydrogens (tertiary/aromatic N) is 4. The van der Waals surface area contributed by atoms with E-state index in [4.69, 9.17) is 0 Å². The first-order chi connectivity index (χ1) is 9.56. The summed E-state index contributed by atoms with van der Waals surface area (Å²) in [5, 5.41) is 14.8. The van der Waals surface area contributed by atoms with Crippen molar-refractivity contribution in [3.05, 3.63) is 39.6 Å². The number of halogens is 1. The van der Waals surface area contributed by atoms with Crippen molar-refractivity contribution in [2.75, 3.05) is 0 Å². The van der Waals surface area contributed by atoms with Gasteiger partial charge in [-0.15, -0.1) is 0 Å². The molecule has 5 nitrogen and oxygen atoms in total. The van der Waals surface area contributed by atoms with Gasteiger partial charge in [0.2, 0.25) is 0 Å². The van der Waals surface area contributed by atoms with Gasteiger partial charge in [0, 0.05) is 25.4 Å². The smallest absolute Gasteiger partial charge is 0.157 e. The van der Waals surface area contributed by atoms with Crippen LogP contribution in [0.2, 0.25) is 0 Å². The van der Waals surface area contributed by atoms with Gasteiger partial charge in [-0.2, -0.15) is 5.10 Å². The van der Waals surface area contributed by atoms with Crippen molar-refractivity contribution in [3.8, 4) is 0 Å². The van der Waals surface area contributed by atoms with Crippen LogP contribution in [-0.2, 0) is 19.4 Å². The lowest BCUT2D eigenvalue weighted by atomic mass is 10.1. The molecular formula is C14H19BrN4O. The average molecular weight is 339 g/mol. The summed E-state index contributed by atoms with van der Waals surface area (Å²) in [6.45, 7) is 6.80. The molecule has 0 bridgehead atoms. The molecule has 2 heterocycles. The Labute approximate surface area is 127 Å². The van der Waals surface area contributed by atoms with Crippen LogP contribution < -0.4 is 0 Å². The molecule has 0 amide bonds. The minimum atomic E-state index is -0.724. The Kier molecular flexibility index (Phi) is 4.88. The number of hydrogen-bond acceptors (Lipinski definition) is 4. The molecular weight excluding hydrogens is 320 g/mol. The number of aliphatic hydroxyl groups excluding tert-OH is 1. The molecule has 0 fully saturated rings. The van der Waals surface area contributed by atoms with E-state index in [2.05, 4.69) is 37.9 Å². The van der Waals surface area contributed by atoms with E-state index in [-0.39, 0.29) is 0 Å². The van der Waals surface area contributed by atoms with E-state index in [1.54, 1.807) is 12.4 Å². The maximum atomic E-state index is 10.3. The minimum absolute atomic E-state index is 0.449. The third-order valence-electron chi connectivity index (χ3n) is 3.18. The second kappa shape index (κ2) is 6.45.